The highest BCUT2D eigenvalue weighted by atomic mass is 35.5. The van der Waals surface area contributed by atoms with E-state index in [9.17, 15) is 13.2 Å². The van der Waals surface area contributed by atoms with E-state index in [0.717, 1.165) is 0 Å². The monoisotopic (exact) mass is 372 g/mol. The predicted octanol–water partition coefficient (Wildman–Crippen LogP) is 3.63. The number of halogens is 2. The molecule has 0 saturated carbocycles. The number of carbonyl (C=O) groups is 1. The van der Waals surface area contributed by atoms with E-state index in [1.165, 1.54) is 24.3 Å². The molecular weight excluding hydrogens is 359 g/mol. The highest BCUT2D eigenvalue weighted by molar-refractivity contribution is 7.92. The zero-order valence-corrected chi connectivity index (χ0v) is 14.5. The Balaban J connectivity index is 2.23. The van der Waals surface area contributed by atoms with Crippen LogP contribution >= 0.6 is 23.2 Å². The third-order valence-corrected chi connectivity index (χ3v) is 5.12. The summed E-state index contributed by atoms with van der Waals surface area (Å²) in [7, 11) is -3.75. The van der Waals surface area contributed by atoms with Crippen LogP contribution in [0.15, 0.2) is 47.4 Å². The standard InChI is InChI=1S/C15H14Cl2N2O3S/c1-10-13(17)3-2-4-14(10)19-23(21,22)12-7-5-11(6-8-12)18-15(20)9-16/h2-8,19H,9H2,1H3,(H,18,20). The van der Waals surface area contributed by atoms with Gasteiger partial charge >= 0.3 is 0 Å². The number of nitrogens with one attached hydrogen (secondary N) is 2. The summed E-state index contributed by atoms with van der Waals surface area (Å²) < 4.78 is 27.3. The molecule has 0 spiro atoms. The second-order valence-corrected chi connectivity index (χ2v) is 7.08. The first kappa shape index (κ1) is 17.6. The smallest absolute Gasteiger partial charge is 0.261 e. The first-order chi connectivity index (χ1) is 10.8. The molecular formula is C15H14Cl2N2O3S. The van der Waals surface area contributed by atoms with Crippen LogP contribution < -0.4 is 10.0 Å². The Morgan fingerprint density at radius 1 is 1.13 bits per heavy atom. The molecule has 0 radical (unpaired) electrons. The van der Waals surface area contributed by atoms with Gasteiger partial charge in [0.25, 0.3) is 10.0 Å². The van der Waals surface area contributed by atoms with Crippen LogP contribution in [-0.4, -0.2) is 20.2 Å². The maximum atomic E-state index is 12.4. The van der Waals surface area contributed by atoms with Gasteiger partial charge in [-0.1, -0.05) is 17.7 Å². The van der Waals surface area contributed by atoms with E-state index in [2.05, 4.69) is 10.0 Å². The first-order valence-corrected chi connectivity index (χ1v) is 8.97. The van der Waals surface area contributed by atoms with Crippen molar-refractivity contribution in [2.24, 2.45) is 0 Å². The number of benzene rings is 2. The van der Waals surface area contributed by atoms with Gasteiger partial charge in [0.2, 0.25) is 5.91 Å². The van der Waals surface area contributed by atoms with Crippen molar-refractivity contribution in [2.75, 3.05) is 15.9 Å². The molecule has 2 aromatic carbocycles. The molecule has 0 bridgehead atoms. The summed E-state index contributed by atoms with van der Waals surface area (Å²) in [4.78, 5) is 11.3. The lowest BCUT2D eigenvalue weighted by atomic mass is 10.2. The molecule has 0 atom stereocenters. The average Bonchev–Trinajstić information content (AvgIpc) is 2.52. The van der Waals surface area contributed by atoms with Gasteiger partial charge in [0.05, 0.1) is 10.6 Å². The summed E-state index contributed by atoms with van der Waals surface area (Å²) in [6.07, 6.45) is 0. The second-order valence-electron chi connectivity index (χ2n) is 4.72. The van der Waals surface area contributed by atoms with Gasteiger partial charge in [-0.05, 0) is 48.9 Å². The molecule has 0 unspecified atom stereocenters. The number of rotatable bonds is 5. The molecule has 2 aromatic rings. The lowest BCUT2D eigenvalue weighted by Gasteiger charge is -2.12. The van der Waals surface area contributed by atoms with Gasteiger partial charge in [0.15, 0.2) is 0 Å². The van der Waals surface area contributed by atoms with Gasteiger partial charge in [-0.25, -0.2) is 8.42 Å². The third-order valence-electron chi connectivity index (χ3n) is 3.08. The molecule has 0 fully saturated rings. The summed E-state index contributed by atoms with van der Waals surface area (Å²) >= 11 is 11.4. The van der Waals surface area contributed by atoms with Crippen LogP contribution in [-0.2, 0) is 14.8 Å². The van der Waals surface area contributed by atoms with Gasteiger partial charge in [0, 0.05) is 10.7 Å². The number of hydrogen-bond acceptors (Lipinski definition) is 3. The fourth-order valence-electron chi connectivity index (χ4n) is 1.83. The molecule has 0 aliphatic carbocycles. The molecule has 5 nitrogen and oxygen atoms in total. The highest BCUT2D eigenvalue weighted by Crippen LogP contribution is 2.25. The lowest BCUT2D eigenvalue weighted by molar-refractivity contribution is -0.113. The Bertz CT molecular complexity index is 821. The highest BCUT2D eigenvalue weighted by Gasteiger charge is 2.16. The zero-order chi connectivity index (χ0) is 17.0. The van der Waals surface area contributed by atoms with Gasteiger partial charge in [-0.2, -0.15) is 0 Å². The van der Waals surface area contributed by atoms with Crippen molar-refractivity contribution in [3.63, 3.8) is 0 Å². The van der Waals surface area contributed by atoms with E-state index in [1.807, 2.05) is 0 Å². The van der Waals surface area contributed by atoms with Crippen molar-refractivity contribution >= 4 is 50.5 Å². The third kappa shape index (κ3) is 4.37. The van der Waals surface area contributed by atoms with Crippen molar-refractivity contribution in [1.29, 1.82) is 0 Å². The fraction of sp³-hybridized carbons (Fsp3) is 0.133. The zero-order valence-electron chi connectivity index (χ0n) is 12.1. The van der Waals surface area contributed by atoms with E-state index in [4.69, 9.17) is 23.2 Å². The Kier molecular flexibility index (Phi) is 5.51. The second kappa shape index (κ2) is 7.21. The quantitative estimate of drug-likeness (QED) is 0.786. The van der Waals surface area contributed by atoms with Crippen molar-refractivity contribution in [2.45, 2.75) is 11.8 Å². The van der Waals surface area contributed by atoms with Crippen LogP contribution in [0.3, 0.4) is 0 Å². The van der Waals surface area contributed by atoms with Crippen LogP contribution in [0, 0.1) is 6.92 Å². The average molecular weight is 373 g/mol. The molecule has 0 aliphatic heterocycles. The Morgan fingerprint density at radius 2 is 1.78 bits per heavy atom. The molecule has 0 aliphatic rings. The van der Waals surface area contributed by atoms with E-state index in [1.54, 1.807) is 25.1 Å². The van der Waals surface area contributed by atoms with Gasteiger partial charge in [0.1, 0.15) is 5.88 Å². The Morgan fingerprint density at radius 3 is 2.39 bits per heavy atom. The minimum absolute atomic E-state index is 0.0701. The van der Waals surface area contributed by atoms with Crippen molar-refractivity contribution < 1.29 is 13.2 Å². The van der Waals surface area contributed by atoms with Crippen molar-refractivity contribution in [1.82, 2.24) is 0 Å². The minimum Gasteiger partial charge on any atom is -0.325 e. The van der Waals surface area contributed by atoms with E-state index >= 15 is 0 Å². The molecule has 0 aromatic heterocycles. The van der Waals surface area contributed by atoms with Crippen LogP contribution in [0.2, 0.25) is 5.02 Å². The molecule has 2 rings (SSSR count). The van der Waals surface area contributed by atoms with Crippen LogP contribution in [0.4, 0.5) is 11.4 Å². The summed E-state index contributed by atoms with van der Waals surface area (Å²) in [5, 5.41) is 3.01. The number of anilines is 2. The number of hydrogen-bond donors (Lipinski definition) is 2. The molecule has 122 valence electrons. The van der Waals surface area contributed by atoms with Crippen molar-refractivity contribution in [3.8, 4) is 0 Å². The van der Waals surface area contributed by atoms with Crippen molar-refractivity contribution in [3.05, 3.63) is 53.1 Å². The number of amides is 1. The van der Waals surface area contributed by atoms with Gasteiger partial charge in [-0.15, -0.1) is 11.6 Å². The van der Waals surface area contributed by atoms with E-state index in [-0.39, 0.29) is 16.7 Å². The van der Waals surface area contributed by atoms with Crippen LogP contribution in [0.1, 0.15) is 5.56 Å². The molecule has 8 heteroatoms. The number of carbonyl (C=O) groups excluding carboxylic acids is 1. The summed E-state index contributed by atoms with van der Waals surface area (Å²) in [6.45, 7) is 1.73. The summed E-state index contributed by atoms with van der Waals surface area (Å²) in [5.74, 6) is -0.537. The van der Waals surface area contributed by atoms with E-state index in [0.29, 0.717) is 22.0 Å². The maximum absolute atomic E-state index is 12.4. The Labute approximate surface area is 144 Å². The molecule has 0 heterocycles. The first-order valence-electron chi connectivity index (χ1n) is 6.57. The number of alkyl halides is 1. The number of sulfonamides is 1. The molecule has 0 saturated heterocycles. The van der Waals surface area contributed by atoms with Gasteiger partial charge in [-0.3, -0.25) is 9.52 Å². The maximum Gasteiger partial charge on any atom is 0.261 e. The normalized spacial score (nSPS) is 11.1. The topological polar surface area (TPSA) is 75.3 Å². The van der Waals surface area contributed by atoms with Gasteiger partial charge < -0.3 is 5.32 Å². The lowest BCUT2D eigenvalue weighted by Crippen LogP contribution is -2.15. The van der Waals surface area contributed by atoms with Crippen LogP contribution in [0.25, 0.3) is 0 Å². The minimum atomic E-state index is -3.75. The SMILES string of the molecule is Cc1c(Cl)cccc1NS(=O)(=O)c1ccc(NC(=O)CCl)cc1. The molecule has 23 heavy (non-hydrogen) atoms. The Hall–Kier alpha value is -1.76. The molecule has 2 N–H and O–H groups in total. The molecule has 1 amide bonds. The summed E-state index contributed by atoms with van der Waals surface area (Å²) in [6, 6.07) is 10.8. The van der Waals surface area contributed by atoms with E-state index < -0.39 is 10.0 Å². The predicted molar refractivity (Wildman–Crippen MR) is 92.8 cm³/mol. The van der Waals surface area contributed by atoms with Crippen LogP contribution in [0.5, 0.6) is 0 Å². The summed E-state index contributed by atoms with van der Waals surface area (Å²) in [5.41, 5.74) is 1.52. The largest absolute Gasteiger partial charge is 0.325 e. The fourth-order valence-corrected chi connectivity index (χ4v) is 3.20.